The molecule has 0 aliphatic carbocycles. The van der Waals surface area contributed by atoms with E-state index >= 15 is 0 Å². The summed E-state index contributed by atoms with van der Waals surface area (Å²) in [5.74, 6) is 0. The van der Waals surface area contributed by atoms with Gasteiger partial charge in [0.2, 0.25) is 0 Å². The maximum Gasteiger partial charge on any atom is 0.139 e. The average molecular weight is 162 g/mol. The van der Waals surface area contributed by atoms with Crippen molar-refractivity contribution in [3.05, 3.63) is 0 Å². The molecule has 6 N–H and O–H groups in total. The van der Waals surface area contributed by atoms with Crippen LogP contribution in [0.1, 0.15) is 6.92 Å². The Morgan fingerprint density at radius 2 is 1.82 bits per heavy atom. The van der Waals surface area contributed by atoms with Gasteiger partial charge in [0, 0.05) is 0 Å². The molecule has 0 aliphatic heterocycles. The minimum atomic E-state index is -1.19. The summed E-state index contributed by atoms with van der Waals surface area (Å²) in [5.41, 5.74) is 10.4. The van der Waals surface area contributed by atoms with Gasteiger partial charge in [-0.25, -0.2) is 0 Å². The lowest BCUT2D eigenvalue weighted by atomic mass is 10.0. The van der Waals surface area contributed by atoms with E-state index < -0.39 is 24.3 Å². The number of aliphatic hydroxyl groups excluding tert-OH is 2. The lowest BCUT2D eigenvalue weighted by Crippen LogP contribution is -2.52. The third-order valence-corrected chi connectivity index (χ3v) is 1.50. The van der Waals surface area contributed by atoms with Crippen LogP contribution in [0, 0.1) is 0 Å². The molecule has 5 heteroatoms. The zero-order valence-electron chi connectivity index (χ0n) is 6.34. The third kappa shape index (κ3) is 2.94. The highest BCUT2D eigenvalue weighted by Gasteiger charge is 2.24. The Bertz CT molecular complexity index is 129. The lowest BCUT2D eigenvalue weighted by Gasteiger charge is -2.22. The zero-order chi connectivity index (χ0) is 9.02. The largest absolute Gasteiger partial charge is 0.392 e. The normalized spacial score (nSPS) is 21.9. The molecule has 5 nitrogen and oxygen atoms in total. The van der Waals surface area contributed by atoms with E-state index in [4.69, 9.17) is 21.7 Å². The second kappa shape index (κ2) is 4.40. The van der Waals surface area contributed by atoms with Gasteiger partial charge in [0.25, 0.3) is 0 Å². The van der Waals surface area contributed by atoms with Crippen LogP contribution in [0.3, 0.4) is 0 Å². The van der Waals surface area contributed by atoms with Gasteiger partial charge < -0.3 is 26.5 Å². The van der Waals surface area contributed by atoms with Crippen LogP contribution in [0.5, 0.6) is 0 Å². The predicted molar refractivity (Wildman–Crippen MR) is 39.7 cm³/mol. The van der Waals surface area contributed by atoms with Gasteiger partial charge in [-0.2, -0.15) is 0 Å². The van der Waals surface area contributed by atoms with E-state index in [0.717, 1.165) is 0 Å². The van der Waals surface area contributed by atoms with Crippen molar-refractivity contribution in [2.45, 2.75) is 31.2 Å². The van der Waals surface area contributed by atoms with Crippen molar-refractivity contribution < 1.29 is 15.0 Å². The van der Waals surface area contributed by atoms with Gasteiger partial charge >= 0.3 is 0 Å². The van der Waals surface area contributed by atoms with Crippen molar-refractivity contribution in [1.82, 2.24) is 0 Å². The van der Waals surface area contributed by atoms with Crippen LogP contribution in [0.2, 0.25) is 0 Å². The van der Waals surface area contributed by atoms with Crippen molar-refractivity contribution in [3.63, 3.8) is 0 Å². The predicted octanol–water partition coefficient (Wildman–Crippen LogP) is -2.42. The molecule has 0 spiro atoms. The van der Waals surface area contributed by atoms with Gasteiger partial charge in [-0.3, -0.25) is 0 Å². The van der Waals surface area contributed by atoms with Gasteiger partial charge in [-0.1, -0.05) is 0 Å². The number of aldehydes is 1. The summed E-state index contributed by atoms with van der Waals surface area (Å²) in [6.45, 7) is 1.42. The van der Waals surface area contributed by atoms with Crippen molar-refractivity contribution in [1.29, 1.82) is 0 Å². The highest BCUT2D eigenvalue weighted by molar-refractivity contribution is 5.58. The zero-order valence-corrected chi connectivity index (χ0v) is 6.34. The van der Waals surface area contributed by atoms with E-state index in [0.29, 0.717) is 6.29 Å². The molecule has 0 aliphatic rings. The Morgan fingerprint density at radius 3 is 2.09 bits per heavy atom. The molecule has 0 aromatic carbocycles. The average Bonchev–Trinajstić information content (AvgIpc) is 2.00. The molecule has 0 bridgehead atoms. The summed E-state index contributed by atoms with van der Waals surface area (Å²) in [7, 11) is 0. The van der Waals surface area contributed by atoms with Crippen LogP contribution in [0.4, 0.5) is 0 Å². The number of hydrogen-bond donors (Lipinski definition) is 4. The first kappa shape index (κ1) is 10.5. The van der Waals surface area contributed by atoms with E-state index in [9.17, 15) is 4.79 Å². The smallest absolute Gasteiger partial charge is 0.139 e. The molecule has 0 radical (unpaired) electrons. The Labute approximate surface area is 65.0 Å². The topological polar surface area (TPSA) is 110 Å². The third-order valence-electron chi connectivity index (χ3n) is 1.50. The van der Waals surface area contributed by atoms with Crippen LogP contribution in [0.15, 0.2) is 0 Å². The van der Waals surface area contributed by atoms with E-state index in [-0.39, 0.29) is 0 Å². The molecular formula is C6H14N2O3. The van der Waals surface area contributed by atoms with E-state index in [2.05, 4.69) is 0 Å². The number of hydrogen-bond acceptors (Lipinski definition) is 5. The number of rotatable bonds is 4. The summed E-state index contributed by atoms with van der Waals surface area (Å²) in [4.78, 5) is 10.1. The molecule has 0 fully saturated rings. The maximum absolute atomic E-state index is 10.1. The van der Waals surface area contributed by atoms with Crippen LogP contribution < -0.4 is 11.5 Å². The van der Waals surface area contributed by atoms with Crippen LogP contribution >= 0.6 is 0 Å². The molecule has 0 aromatic heterocycles. The molecule has 0 rings (SSSR count). The fraction of sp³-hybridized carbons (Fsp3) is 0.833. The highest BCUT2D eigenvalue weighted by Crippen LogP contribution is 1.98. The molecule has 4 atom stereocenters. The molecule has 0 unspecified atom stereocenters. The number of nitrogens with two attached hydrogens (primary N) is 2. The first-order valence-electron chi connectivity index (χ1n) is 3.33. The molecule has 0 amide bonds. The lowest BCUT2D eigenvalue weighted by molar-refractivity contribution is -0.111. The Hall–Kier alpha value is -0.490. The van der Waals surface area contributed by atoms with Crippen molar-refractivity contribution in [3.8, 4) is 0 Å². The summed E-state index contributed by atoms with van der Waals surface area (Å²) in [6.07, 6.45) is -1.67. The van der Waals surface area contributed by atoms with E-state index in [1.54, 1.807) is 0 Å². The van der Waals surface area contributed by atoms with Crippen LogP contribution in [-0.4, -0.2) is 40.8 Å². The number of aliphatic hydroxyl groups is 2. The van der Waals surface area contributed by atoms with Crippen molar-refractivity contribution in [2.24, 2.45) is 11.5 Å². The summed E-state index contributed by atoms with van der Waals surface area (Å²) < 4.78 is 0. The highest BCUT2D eigenvalue weighted by atomic mass is 16.3. The van der Waals surface area contributed by atoms with Gasteiger partial charge in [-0.05, 0) is 6.92 Å². The van der Waals surface area contributed by atoms with Crippen LogP contribution in [-0.2, 0) is 4.79 Å². The first-order valence-corrected chi connectivity index (χ1v) is 3.33. The molecule has 11 heavy (non-hydrogen) atoms. The summed E-state index contributed by atoms with van der Waals surface area (Å²) >= 11 is 0. The minimum Gasteiger partial charge on any atom is -0.392 e. The van der Waals surface area contributed by atoms with E-state index in [1.165, 1.54) is 6.92 Å². The van der Waals surface area contributed by atoms with E-state index in [1.807, 2.05) is 0 Å². The SMILES string of the molecule is C[C@@H](O)[C@@H](N)[C@H](O)[C@@H](N)C=O. The fourth-order valence-electron chi connectivity index (χ4n) is 0.622. The number of carbonyl (C=O) groups excluding carboxylic acids is 1. The molecule has 0 heterocycles. The molecular weight excluding hydrogens is 148 g/mol. The van der Waals surface area contributed by atoms with Gasteiger partial charge in [0.05, 0.1) is 24.3 Å². The minimum absolute atomic E-state index is 0.396. The maximum atomic E-state index is 10.1. The summed E-state index contributed by atoms with van der Waals surface area (Å²) in [6, 6.07) is -1.91. The van der Waals surface area contributed by atoms with Crippen molar-refractivity contribution in [2.75, 3.05) is 0 Å². The fourth-order valence-corrected chi connectivity index (χ4v) is 0.622. The number of carbonyl (C=O) groups is 1. The summed E-state index contributed by atoms with van der Waals surface area (Å²) in [5, 5.41) is 18.0. The quantitative estimate of drug-likeness (QED) is 0.344. The van der Waals surface area contributed by atoms with Crippen molar-refractivity contribution >= 4 is 6.29 Å². The molecule has 66 valence electrons. The van der Waals surface area contributed by atoms with Crippen LogP contribution in [0.25, 0.3) is 0 Å². The van der Waals surface area contributed by atoms with Gasteiger partial charge in [0.15, 0.2) is 0 Å². The Morgan fingerprint density at radius 1 is 1.36 bits per heavy atom. The molecule has 0 aromatic rings. The Balaban J connectivity index is 4.00. The second-order valence-electron chi connectivity index (χ2n) is 2.52. The standard InChI is InChI=1S/C6H14N2O3/c1-3(10)5(8)6(11)4(7)2-9/h2-6,10-11H,7-8H2,1H3/t3-,4+,5-,6-/m1/s1. The molecule has 0 saturated heterocycles. The molecule has 0 saturated carbocycles. The monoisotopic (exact) mass is 162 g/mol. The Kier molecular flexibility index (Phi) is 4.20. The van der Waals surface area contributed by atoms with Gasteiger partial charge in [0.1, 0.15) is 6.29 Å². The second-order valence-corrected chi connectivity index (χ2v) is 2.52. The van der Waals surface area contributed by atoms with Gasteiger partial charge in [-0.15, -0.1) is 0 Å². The first-order chi connectivity index (χ1) is 5.00.